The van der Waals surface area contributed by atoms with Crippen LogP contribution in [-0.2, 0) is 6.54 Å². The van der Waals surface area contributed by atoms with Crippen molar-refractivity contribution in [3.05, 3.63) is 29.0 Å². The summed E-state index contributed by atoms with van der Waals surface area (Å²) in [4.78, 5) is 4.20. The molecule has 5 heteroatoms. The van der Waals surface area contributed by atoms with E-state index in [9.17, 15) is 0 Å². The SMILES string of the molecule is Cc1ccc(-c2nnc(CN)s2)cn1. The topological polar surface area (TPSA) is 64.7 Å². The molecule has 0 spiro atoms. The van der Waals surface area contributed by atoms with Crippen molar-refractivity contribution >= 4 is 11.3 Å². The first-order valence-corrected chi connectivity index (χ1v) is 5.06. The van der Waals surface area contributed by atoms with Crippen molar-refractivity contribution in [2.45, 2.75) is 13.5 Å². The fourth-order valence-electron chi connectivity index (χ4n) is 1.05. The van der Waals surface area contributed by atoms with Crippen LogP contribution in [0.4, 0.5) is 0 Å². The van der Waals surface area contributed by atoms with Gasteiger partial charge in [-0.15, -0.1) is 10.2 Å². The van der Waals surface area contributed by atoms with E-state index in [0.29, 0.717) is 6.54 Å². The molecule has 72 valence electrons. The summed E-state index contributed by atoms with van der Waals surface area (Å²) in [6, 6.07) is 3.95. The van der Waals surface area contributed by atoms with Gasteiger partial charge in [-0.1, -0.05) is 11.3 Å². The monoisotopic (exact) mass is 206 g/mol. The Balaban J connectivity index is 2.34. The molecule has 2 aromatic rings. The van der Waals surface area contributed by atoms with E-state index >= 15 is 0 Å². The van der Waals surface area contributed by atoms with Crippen LogP contribution in [-0.4, -0.2) is 15.2 Å². The molecule has 0 amide bonds. The summed E-state index contributed by atoms with van der Waals surface area (Å²) in [5, 5.41) is 9.71. The van der Waals surface area contributed by atoms with Crippen LogP contribution in [0.25, 0.3) is 10.6 Å². The summed E-state index contributed by atoms with van der Waals surface area (Å²) in [7, 11) is 0. The van der Waals surface area contributed by atoms with Gasteiger partial charge in [0.05, 0.1) is 0 Å². The van der Waals surface area contributed by atoms with Crippen LogP contribution >= 0.6 is 11.3 Å². The maximum atomic E-state index is 5.46. The van der Waals surface area contributed by atoms with Crippen LogP contribution in [0.5, 0.6) is 0 Å². The zero-order chi connectivity index (χ0) is 9.97. The molecule has 0 saturated carbocycles. The van der Waals surface area contributed by atoms with Crippen molar-refractivity contribution in [2.24, 2.45) is 5.73 Å². The van der Waals surface area contributed by atoms with Gasteiger partial charge in [-0.25, -0.2) is 0 Å². The van der Waals surface area contributed by atoms with Gasteiger partial charge in [0.2, 0.25) is 0 Å². The second-order valence-electron chi connectivity index (χ2n) is 2.89. The molecule has 0 aliphatic rings. The van der Waals surface area contributed by atoms with Crippen molar-refractivity contribution in [1.82, 2.24) is 15.2 Å². The van der Waals surface area contributed by atoms with Crippen LogP contribution in [0.3, 0.4) is 0 Å². The minimum absolute atomic E-state index is 0.441. The maximum Gasteiger partial charge on any atom is 0.149 e. The van der Waals surface area contributed by atoms with Gasteiger partial charge in [-0.05, 0) is 19.1 Å². The Labute approximate surface area is 85.8 Å². The average Bonchev–Trinajstić information content (AvgIpc) is 2.67. The molecule has 2 N–H and O–H groups in total. The van der Waals surface area contributed by atoms with Crippen LogP contribution in [0.2, 0.25) is 0 Å². The number of rotatable bonds is 2. The molecule has 0 bridgehead atoms. The van der Waals surface area contributed by atoms with E-state index < -0.39 is 0 Å². The standard InChI is InChI=1S/C9H10N4S/c1-6-2-3-7(5-11-6)9-13-12-8(4-10)14-9/h2-3,5H,4,10H2,1H3. The van der Waals surface area contributed by atoms with E-state index in [1.165, 1.54) is 11.3 Å². The van der Waals surface area contributed by atoms with Crippen LogP contribution in [0.1, 0.15) is 10.7 Å². The van der Waals surface area contributed by atoms with Gasteiger partial charge in [-0.3, -0.25) is 4.98 Å². The molecule has 0 aliphatic carbocycles. The second-order valence-corrected chi connectivity index (χ2v) is 3.96. The molecular formula is C9H10N4S. The van der Waals surface area contributed by atoms with Crippen molar-refractivity contribution in [1.29, 1.82) is 0 Å². The highest BCUT2D eigenvalue weighted by atomic mass is 32.1. The van der Waals surface area contributed by atoms with Crippen molar-refractivity contribution in [3.63, 3.8) is 0 Å². The number of aryl methyl sites for hydroxylation is 1. The van der Waals surface area contributed by atoms with E-state index in [2.05, 4.69) is 15.2 Å². The number of nitrogens with two attached hydrogens (primary N) is 1. The highest BCUT2D eigenvalue weighted by Gasteiger charge is 2.04. The average molecular weight is 206 g/mol. The summed E-state index contributed by atoms with van der Waals surface area (Å²) < 4.78 is 0. The predicted molar refractivity (Wildman–Crippen MR) is 55.8 cm³/mol. The molecule has 14 heavy (non-hydrogen) atoms. The number of hydrogen-bond acceptors (Lipinski definition) is 5. The summed E-state index contributed by atoms with van der Waals surface area (Å²) in [5.74, 6) is 0. The largest absolute Gasteiger partial charge is 0.324 e. The molecule has 0 aliphatic heterocycles. The van der Waals surface area contributed by atoms with Crippen molar-refractivity contribution in [2.75, 3.05) is 0 Å². The molecule has 2 aromatic heterocycles. The van der Waals surface area contributed by atoms with Gasteiger partial charge in [0.25, 0.3) is 0 Å². The van der Waals surface area contributed by atoms with Gasteiger partial charge in [0.15, 0.2) is 0 Å². The Bertz CT molecular complexity index is 421. The molecular weight excluding hydrogens is 196 g/mol. The zero-order valence-corrected chi connectivity index (χ0v) is 8.58. The third-order valence-corrected chi connectivity index (χ3v) is 2.79. The minimum Gasteiger partial charge on any atom is -0.324 e. The zero-order valence-electron chi connectivity index (χ0n) is 7.77. The van der Waals surface area contributed by atoms with Gasteiger partial charge in [0.1, 0.15) is 10.0 Å². The van der Waals surface area contributed by atoms with E-state index in [1.807, 2.05) is 19.1 Å². The van der Waals surface area contributed by atoms with Crippen LogP contribution < -0.4 is 5.73 Å². The van der Waals surface area contributed by atoms with E-state index in [4.69, 9.17) is 5.73 Å². The number of hydrogen-bond donors (Lipinski definition) is 1. The molecule has 2 rings (SSSR count). The fraction of sp³-hybridized carbons (Fsp3) is 0.222. The van der Waals surface area contributed by atoms with Crippen molar-refractivity contribution in [3.8, 4) is 10.6 Å². The highest BCUT2D eigenvalue weighted by Crippen LogP contribution is 2.22. The van der Waals surface area contributed by atoms with Crippen LogP contribution in [0.15, 0.2) is 18.3 Å². The van der Waals surface area contributed by atoms with Gasteiger partial charge in [0, 0.05) is 24.0 Å². The molecule has 0 radical (unpaired) electrons. The Morgan fingerprint density at radius 2 is 2.21 bits per heavy atom. The van der Waals surface area contributed by atoms with Gasteiger partial charge in [-0.2, -0.15) is 0 Å². The smallest absolute Gasteiger partial charge is 0.149 e. The number of pyridine rings is 1. The van der Waals surface area contributed by atoms with Crippen LogP contribution in [0, 0.1) is 6.92 Å². The summed E-state index contributed by atoms with van der Waals surface area (Å²) in [6.45, 7) is 2.39. The molecule has 4 nitrogen and oxygen atoms in total. The molecule has 0 saturated heterocycles. The Kier molecular flexibility index (Phi) is 2.51. The first-order chi connectivity index (χ1) is 6.79. The quantitative estimate of drug-likeness (QED) is 0.806. The lowest BCUT2D eigenvalue weighted by molar-refractivity contribution is 0.959. The van der Waals surface area contributed by atoms with Gasteiger partial charge < -0.3 is 5.73 Å². The van der Waals surface area contributed by atoms with Crippen molar-refractivity contribution < 1.29 is 0 Å². The molecule has 2 heterocycles. The molecule has 0 fully saturated rings. The minimum atomic E-state index is 0.441. The Hall–Kier alpha value is -1.33. The van der Waals surface area contributed by atoms with E-state index in [-0.39, 0.29) is 0 Å². The Morgan fingerprint density at radius 3 is 2.79 bits per heavy atom. The Morgan fingerprint density at radius 1 is 1.36 bits per heavy atom. The predicted octanol–water partition coefficient (Wildman–Crippen LogP) is 1.37. The molecule has 0 atom stereocenters. The number of nitrogens with zero attached hydrogens (tertiary/aromatic N) is 3. The third-order valence-electron chi connectivity index (χ3n) is 1.80. The third kappa shape index (κ3) is 1.78. The lowest BCUT2D eigenvalue weighted by Crippen LogP contribution is -1.94. The fourth-order valence-corrected chi connectivity index (χ4v) is 1.76. The molecule has 0 aromatic carbocycles. The summed E-state index contributed by atoms with van der Waals surface area (Å²) in [6.07, 6.45) is 1.80. The maximum absolute atomic E-state index is 5.46. The molecule has 0 unspecified atom stereocenters. The first-order valence-electron chi connectivity index (χ1n) is 4.25. The lowest BCUT2D eigenvalue weighted by atomic mass is 10.3. The summed E-state index contributed by atoms with van der Waals surface area (Å²) in [5.41, 5.74) is 7.45. The second kappa shape index (κ2) is 3.81. The normalized spacial score (nSPS) is 10.4. The van der Waals surface area contributed by atoms with E-state index in [0.717, 1.165) is 21.3 Å². The van der Waals surface area contributed by atoms with E-state index in [1.54, 1.807) is 6.20 Å². The van der Waals surface area contributed by atoms with Gasteiger partial charge >= 0.3 is 0 Å². The first kappa shape index (κ1) is 9.23. The highest BCUT2D eigenvalue weighted by molar-refractivity contribution is 7.14. The summed E-state index contributed by atoms with van der Waals surface area (Å²) >= 11 is 1.50. The lowest BCUT2D eigenvalue weighted by Gasteiger charge is -1.94. The number of aromatic nitrogens is 3.